The molecule has 0 saturated carbocycles. The second-order valence-corrected chi connectivity index (χ2v) is 11.3. The lowest BCUT2D eigenvalue weighted by Gasteiger charge is -2.36. The Balaban J connectivity index is 1.22. The minimum atomic E-state index is -3.58. The number of ether oxygens (including phenoxy) is 2. The molecule has 1 fully saturated rings. The summed E-state index contributed by atoms with van der Waals surface area (Å²) in [4.78, 5) is 24.1. The molecule has 1 saturated heterocycles. The van der Waals surface area contributed by atoms with Crippen LogP contribution in [-0.2, 0) is 16.6 Å². The number of nitrogens with zero attached hydrogens (tertiary/aromatic N) is 3. The van der Waals surface area contributed by atoms with E-state index in [0.29, 0.717) is 5.56 Å². The number of benzene rings is 2. The molecule has 2 N–H and O–H groups in total. The summed E-state index contributed by atoms with van der Waals surface area (Å²) in [6.07, 6.45) is 4.42. The van der Waals surface area contributed by atoms with Crippen LogP contribution in [0.3, 0.4) is 0 Å². The molecule has 6 rings (SSSR count). The third-order valence-electron chi connectivity index (χ3n) is 6.81. The molecule has 2 aromatic carbocycles. The molecule has 10 nitrogen and oxygen atoms in total. The molecule has 0 amide bonds. The van der Waals surface area contributed by atoms with Gasteiger partial charge in [-0.3, -0.25) is 19.4 Å². The quantitative estimate of drug-likeness (QED) is 0.389. The molecule has 2 aliphatic heterocycles. The molecule has 0 radical (unpaired) electrons. The number of rotatable bonds is 6. The zero-order chi connectivity index (χ0) is 26.3. The topological polar surface area (TPSA) is 117 Å². The molecule has 4 aromatic rings. The number of sulfonamides is 1. The third-order valence-corrected chi connectivity index (χ3v) is 7.40. The molecule has 2 aliphatic rings. The van der Waals surface area contributed by atoms with E-state index in [4.69, 9.17) is 9.47 Å². The van der Waals surface area contributed by atoms with Crippen molar-refractivity contribution in [1.29, 1.82) is 0 Å². The van der Waals surface area contributed by atoms with Crippen LogP contribution >= 0.6 is 0 Å². The maximum atomic E-state index is 12.1. The highest BCUT2D eigenvalue weighted by molar-refractivity contribution is 7.92. The van der Waals surface area contributed by atoms with E-state index < -0.39 is 15.6 Å². The Morgan fingerprint density at radius 1 is 0.974 bits per heavy atom. The first-order valence-corrected chi connectivity index (χ1v) is 14.2. The fraction of sp³-hybridized carbons (Fsp3) is 0.259. The van der Waals surface area contributed by atoms with E-state index in [0.717, 1.165) is 72.6 Å². The lowest BCUT2D eigenvalue weighted by molar-refractivity contribution is 0.174. The normalized spacial score (nSPS) is 15.7. The lowest BCUT2D eigenvalue weighted by atomic mass is 10.0. The predicted octanol–water partition coefficient (Wildman–Crippen LogP) is 3.01. The number of pyridine rings is 2. The van der Waals surface area contributed by atoms with Gasteiger partial charge in [-0.05, 0) is 47.5 Å². The zero-order valence-corrected chi connectivity index (χ0v) is 21.6. The molecular formula is C27H27N5O5S. The maximum absolute atomic E-state index is 12.1. The third kappa shape index (κ3) is 5.02. The summed E-state index contributed by atoms with van der Waals surface area (Å²) in [7, 11) is -3.58. The number of hydrogen-bond acceptors (Lipinski definition) is 8. The van der Waals surface area contributed by atoms with Crippen molar-refractivity contribution in [1.82, 2.24) is 14.9 Å². The number of H-pyrrole nitrogens is 1. The van der Waals surface area contributed by atoms with Crippen molar-refractivity contribution in [3.05, 3.63) is 76.8 Å². The summed E-state index contributed by atoms with van der Waals surface area (Å²) < 4.78 is 36.6. The van der Waals surface area contributed by atoms with Crippen molar-refractivity contribution in [3.63, 3.8) is 0 Å². The van der Waals surface area contributed by atoms with Gasteiger partial charge in [0.05, 0.1) is 11.8 Å². The fourth-order valence-corrected chi connectivity index (χ4v) is 5.51. The van der Waals surface area contributed by atoms with Crippen molar-refractivity contribution in [3.8, 4) is 22.6 Å². The SMILES string of the molecule is CS(=O)(=O)Nc1cc(-c2ccc3nccc(N4CCN(Cc5ccc6c(c5)OCO6)CC4)c3c2)c[nH]c1=O. The molecular weight excluding hydrogens is 506 g/mol. The summed E-state index contributed by atoms with van der Waals surface area (Å²) in [5.41, 5.74) is 4.19. The second-order valence-electron chi connectivity index (χ2n) is 9.52. The summed E-state index contributed by atoms with van der Waals surface area (Å²) in [6, 6.07) is 15.6. The zero-order valence-electron chi connectivity index (χ0n) is 20.8. The number of anilines is 2. The molecule has 11 heteroatoms. The monoisotopic (exact) mass is 533 g/mol. The standard InChI is InChI=1S/C27H27N5O5S/c1-38(34,35)30-23-14-20(15-29-27(23)33)19-3-4-22-21(13-19)24(6-7-28-22)32-10-8-31(9-11-32)16-18-2-5-25-26(12-18)37-17-36-25/h2-7,12-15,30H,8-11,16-17H2,1H3,(H,29,33). The average molecular weight is 534 g/mol. The van der Waals surface area contributed by atoms with E-state index >= 15 is 0 Å². The van der Waals surface area contributed by atoms with E-state index in [1.54, 1.807) is 12.3 Å². The minimum Gasteiger partial charge on any atom is -0.454 e. The van der Waals surface area contributed by atoms with Crippen LogP contribution in [0.25, 0.3) is 22.0 Å². The van der Waals surface area contributed by atoms with Crippen LogP contribution in [0.4, 0.5) is 11.4 Å². The van der Waals surface area contributed by atoms with E-state index in [-0.39, 0.29) is 12.5 Å². The van der Waals surface area contributed by atoms with Crippen LogP contribution < -0.4 is 24.7 Å². The summed E-state index contributed by atoms with van der Waals surface area (Å²) in [6.45, 7) is 4.70. The van der Waals surface area contributed by atoms with Crippen molar-refractivity contribution in [2.24, 2.45) is 0 Å². The highest BCUT2D eigenvalue weighted by Crippen LogP contribution is 2.34. The van der Waals surface area contributed by atoms with Crippen LogP contribution in [0.15, 0.2) is 65.7 Å². The van der Waals surface area contributed by atoms with Gasteiger partial charge in [-0.1, -0.05) is 12.1 Å². The van der Waals surface area contributed by atoms with E-state index in [1.165, 1.54) is 5.56 Å². The molecule has 196 valence electrons. The van der Waals surface area contributed by atoms with Gasteiger partial charge in [0, 0.05) is 61.8 Å². The van der Waals surface area contributed by atoms with Gasteiger partial charge < -0.3 is 19.4 Å². The van der Waals surface area contributed by atoms with Crippen molar-refractivity contribution < 1.29 is 17.9 Å². The summed E-state index contributed by atoms with van der Waals surface area (Å²) in [5.74, 6) is 1.61. The van der Waals surface area contributed by atoms with Gasteiger partial charge in [0.1, 0.15) is 5.69 Å². The first-order valence-electron chi connectivity index (χ1n) is 12.3. The molecule has 4 heterocycles. The Morgan fingerprint density at radius 2 is 1.79 bits per heavy atom. The molecule has 0 atom stereocenters. The number of piperazine rings is 1. The van der Waals surface area contributed by atoms with Gasteiger partial charge >= 0.3 is 0 Å². The Labute approximate surface area is 219 Å². The van der Waals surface area contributed by atoms with E-state index in [9.17, 15) is 13.2 Å². The smallest absolute Gasteiger partial charge is 0.272 e. The van der Waals surface area contributed by atoms with Gasteiger partial charge in [-0.2, -0.15) is 0 Å². The van der Waals surface area contributed by atoms with Gasteiger partial charge in [0.2, 0.25) is 16.8 Å². The maximum Gasteiger partial charge on any atom is 0.272 e. The number of hydrogen-bond donors (Lipinski definition) is 2. The molecule has 0 bridgehead atoms. The molecule has 0 spiro atoms. The second kappa shape index (κ2) is 9.66. The molecule has 38 heavy (non-hydrogen) atoms. The van der Waals surface area contributed by atoms with Gasteiger partial charge in [0.25, 0.3) is 5.56 Å². The Kier molecular flexibility index (Phi) is 6.16. The Bertz CT molecular complexity index is 1680. The predicted molar refractivity (Wildman–Crippen MR) is 146 cm³/mol. The largest absolute Gasteiger partial charge is 0.454 e. The Morgan fingerprint density at radius 3 is 2.61 bits per heavy atom. The fourth-order valence-electron chi connectivity index (χ4n) is 4.96. The van der Waals surface area contributed by atoms with Crippen molar-refractivity contribution in [2.45, 2.75) is 6.54 Å². The van der Waals surface area contributed by atoms with Gasteiger partial charge in [-0.25, -0.2) is 8.42 Å². The van der Waals surface area contributed by atoms with Crippen LogP contribution in [0.5, 0.6) is 11.5 Å². The van der Waals surface area contributed by atoms with E-state index in [1.807, 2.05) is 36.5 Å². The Hall–Kier alpha value is -4.09. The van der Waals surface area contributed by atoms with Crippen LogP contribution in [0, 0.1) is 0 Å². The number of fused-ring (bicyclic) bond motifs is 2. The van der Waals surface area contributed by atoms with Crippen LogP contribution in [0.2, 0.25) is 0 Å². The molecule has 0 unspecified atom stereocenters. The van der Waals surface area contributed by atoms with Crippen molar-refractivity contribution >= 4 is 32.3 Å². The minimum absolute atomic E-state index is 0.0184. The van der Waals surface area contributed by atoms with Crippen LogP contribution in [-0.4, -0.2) is 62.5 Å². The van der Waals surface area contributed by atoms with Gasteiger partial charge in [-0.15, -0.1) is 0 Å². The van der Waals surface area contributed by atoms with Crippen LogP contribution in [0.1, 0.15) is 5.56 Å². The van der Waals surface area contributed by atoms with Gasteiger partial charge in [0.15, 0.2) is 11.5 Å². The molecule has 2 aromatic heterocycles. The number of aromatic nitrogens is 2. The number of aromatic amines is 1. The number of nitrogens with one attached hydrogen (secondary N) is 2. The molecule has 0 aliphatic carbocycles. The van der Waals surface area contributed by atoms with Crippen molar-refractivity contribution in [2.75, 3.05) is 48.8 Å². The summed E-state index contributed by atoms with van der Waals surface area (Å²) >= 11 is 0. The first kappa shape index (κ1) is 24.3. The average Bonchev–Trinajstić information content (AvgIpc) is 3.37. The van der Waals surface area contributed by atoms with E-state index in [2.05, 4.69) is 36.6 Å². The lowest BCUT2D eigenvalue weighted by Crippen LogP contribution is -2.46. The highest BCUT2D eigenvalue weighted by Gasteiger charge is 2.21. The summed E-state index contributed by atoms with van der Waals surface area (Å²) in [5, 5.41) is 0.998. The first-order chi connectivity index (χ1) is 18.3. The highest BCUT2D eigenvalue weighted by atomic mass is 32.2.